The summed E-state index contributed by atoms with van der Waals surface area (Å²) in [7, 11) is 0. The first kappa shape index (κ1) is 10.3. The van der Waals surface area contributed by atoms with Gasteiger partial charge in [-0.25, -0.2) is 0 Å². The molecule has 1 aromatic rings. The van der Waals surface area contributed by atoms with E-state index >= 15 is 0 Å². The van der Waals surface area contributed by atoms with Crippen LogP contribution in [0.25, 0.3) is 0 Å². The largest absolute Gasteiger partial charge is 0.469 e. The molecule has 0 amide bonds. The summed E-state index contributed by atoms with van der Waals surface area (Å²) < 4.78 is 5.23. The topological polar surface area (TPSA) is 13.1 Å². The number of furan rings is 1. The predicted molar refractivity (Wildman–Crippen MR) is 48.9 cm³/mol. The van der Waals surface area contributed by atoms with E-state index in [0.717, 1.165) is 5.76 Å². The lowest BCUT2D eigenvalue weighted by atomic mass is 10.1. The Morgan fingerprint density at radius 1 is 1.27 bits per heavy atom. The van der Waals surface area contributed by atoms with E-state index in [2.05, 4.69) is 20.8 Å². The second-order valence-corrected chi connectivity index (χ2v) is 2.62. The van der Waals surface area contributed by atoms with Gasteiger partial charge in [0.25, 0.3) is 0 Å². The monoisotopic (exact) mass is 154 g/mol. The molecule has 1 heterocycles. The fourth-order valence-corrected chi connectivity index (χ4v) is 0.976. The average molecular weight is 154 g/mol. The lowest BCUT2D eigenvalue weighted by Gasteiger charge is -1.99. The molecule has 1 aromatic heterocycles. The van der Waals surface area contributed by atoms with Crippen molar-refractivity contribution in [1.29, 1.82) is 0 Å². The number of hydrogen-bond donors (Lipinski definition) is 0. The summed E-state index contributed by atoms with van der Waals surface area (Å²) in [6.45, 7) is 10.3. The molecule has 1 nitrogen and oxygen atoms in total. The smallest absolute Gasteiger partial charge is 0.109 e. The first-order valence-electron chi connectivity index (χ1n) is 4.26. The lowest BCUT2D eigenvalue weighted by Crippen LogP contribution is -1.84. The number of aryl methyl sites for hydroxylation is 1. The molecule has 0 aliphatic rings. The van der Waals surface area contributed by atoms with E-state index in [1.807, 2.05) is 19.9 Å². The van der Waals surface area contributed by atoms with Crippen molar-refractivity contribution in [2.45, 2.75) is 40.5 Å². The predicted octanol–water partition coefficient (Wildman–Crippen LogP) is 3.74. The minimum atomic E-state index is 0.514. The van der Waals surface area contributed by atoms with Gasteiger partial charge in [-0.3, -0.25) is 0 Å². The molecule has 0 fully saturated rings. The van der Waals surface area contributed by atoms with Crippen molar-refractivity contribution in [1.82, 2.24) is 0 Å². The van der Waals surface area contributed by atoms with Crippen LogP contribution >= 0.6 is 0 Å². The van der Waals surface area contributed by atoms with E-state index in [9.17, 15) is 0 Å². The van der Waals surface area contributed by atoms with Gasteiger partial charge in [-0.15, -0.1) is 0 Å². The maximum Gasteiger partial charge on any atom is 0.109 e. The van der Waals surface area contributed by atoms with E-state index in [1.54, 1.807) is 6.26 Å². The summed E-state index contributed by atoms with van der Waals surface area (Å²) in [6.07, 6.45) is 1.74. The molecule has 0 radical (unpaired) electrons. The average Bonchev–Trinajstić information content (AvgIpc) is 2.39. The molecule has 0 spiro atoms. The van der Waals surface area contributed by atoms with Gasteiger partial charge in [0.1, 0.15) is 5.76 Å². The Balaban J connectivity index is 0.000000461. The molecule has 0 saturated carbocycles. The van der Waals surface area contributed by atoms with Gasteiger partial charge >= 0.3 is 0 Å². The van der Waals surface area contributed by atoms with Crippen molar-refractivity contribution in [2.75, 3.05) is 0 Å². The van der Waals surface area contributed by atoms with E-state index < -0.39 is 0 Å². The first-order valence-corrected chi connectivity index (χ1v) is 4.26. The third-order valence-corrected chi connectivity index (χ3v) is 1.43. The van der Waals surface area contributed by atoms with Crippen molar-refractivity contribution >= 4 is 0 Å². The van der Waals surface area contributed by atoms with Crippen LogP contribution in [0.5, 0.6) is 0 Å². The van der Waals surface area contributed by atoms with Crippen LogP contribution in [0.2, 0.25) is 0 Å². The molecular formula is C10H18O. The van der Waals surface area contributed by atoms with Crippen molar-refractivity contribution in [3.05, 3.63) is 23.7 Å². The second-order valence-electron chi connectivity index (χ2n) is 2.62. The summed E-state index contributed by atoms with van der Waals surface area (Å²) in [5, 5.41) is 0. The second kappa shape index (κ2) is 5.00. The van der Waals surface area contributed by atoms with E-state index in [-0.39, 0.29) is 0 Å². The Morgan fingerprint density at radius 3 is 2.00 bits per heavy atom. The summed E-state index contributed by atoms with van der Waals surface area (Å²) >= 11 is 0. The SMILES string of the molecule is CC.Cc1ccoc1C(C)C. The standard InChI is InChI=1S/C8H12O.C2H6/c1-6(2)8-7(3)4-5-9-8;1-2/h4-6H,1-3H3;1-2H3. The molecular weight excluding hydrogens is 136 g/mol. The zero-order valence-electron chi connectivity index (χ0n) is 8.14. The van der Waals surface area contributed by atoms with Crippen LogP contribution in [0.1, 0.15) is 44.9 Å². The fourth-order valence-electron chi connectivity index (χ4n) is 0.976. The van der Waals surface area contributed by atoms with Crippen molar-refractivity contribution < 1.29 is 4.42 Å². The molecule has 64 valence electrons. The Morgan fingerprint density at radius 2 is 1.82 bits per heavy atom. The molecule has 1 rings (SSSR count). The lowest BCUT2D eigenvalue weighted by molar-refractivity contribution is 0.484. The first-order chi connectivity index (χ1) is 5.22. The molecule has 0 atom stereocenters. The minimum absolute atomic E-state index is 0.514. The molecule has 0 aromatic carbocycles. The molecule has 0 unspecified atom stereocenters. The van der Waals surface area contributed by atoms with Crippen molar-refractivity contribution in [2.24, 2.45) is 0 Å². The van der Waals surface area contributed by atoms with E-state index in [1.165, 1.54) is 5.56 Å². The van der Waals surface area contributed by atoms with Gasteiger partial charge in [0, 0.05) is 5.92 Å². The Labute approximate surface area is 69.4 Å². The van der Waals surface area contributed by atoms with E-state index in [4.69, 9.17) is 4.42 Å². The quantitative estimate of drug-likeness (QED) is 0.600. The summed E-state index contributed by atoms with van der Waals surface area (Å²) in [5.74, 6) is 1.62. The zero-order valence-corrected chi connectivity index (χ0v) is 8.14. The van der Waals surface area contributed by atoms with Gasteiger partial charge in [-0.1, -0.05) is 27.7 Å². The van der Waals surface area contributed by atoms with Crippen LogP contribution in [0.15, 0.2) is 16.7 Å². The molecule has 11 heavy (non-hydrogen) atoms. The van der Waals surface area contributed by atoms with Crippen LogP contribution in [0.4, 0.5) is 0 Å². The summed E-state index contributed by atoms with van der Waals surface area (Å²) in [5.41, 5.74) is 1.25. The zero-order chi connectivity index (χ0) is 8.85. The normalized spacial score (nSPS) is 9.27. The Bertz CT molecular complexity index is 187. The molecule has 0 aliphatic carbocycles. The Hall–Kier alpha value is -0.720. The Kier molecular flexibility index (Phi) is 4.67. The van der Waals surface area contributed by atoms with Gasteiger partial charge in [-0.2, -0.15) is 0 Å². The van der Waals surface area contributed by atoms with Crippen LogP contribution in [0.3, 0.4) is 0 Å². The third kappa shape index (κ3) is 2.79. The summed E-state index contributed by atoms with van der Waals surface area (Å²) in [4.78, 5) is 0. The minimum Gasteiger partial charge on any atom is -0.469 e. The molecule has 0 saturated heterocycles. The van der Waals surface area contributed by atoms with Crippen LogP contribution in [-0.4, -0.2) is 0 Å². The van der Waals surface area contributed by atoms with Gasteiger partial charge in [0.05, 0.1) is 6.26 Å². The van der Waals surface area contributed by atoms with Crippen molar-refractivity contribution in [3.8, 4) is 0 Å². The van der Waals surface area contributed by atoms with Crippen LogP contribution in [-0.2, 0) is 0 Å². The van der Waals surface area contributed by atoms with Gasteiger partial charge < -0.3 is 4.42 Å². The van der Waals surface area contributed by atoms with Gasteiger partial charge in [0.15, 0.2) is 0 Å². The molecule has 0 bridgehead atoms. The highest BCUT2D eigenvalue weighted by molar-refractivity contribution is 5.17. The van der Waals surface area contributed by atoms with Gasteiger partial charge in [0.2, 0.25) is 0 Å². The molecule has 0 N–H and O–H groups in total. The highest BCUT2D eigenvalue weighted by Crippen LogP contribution is 2.18. The highest BCUT2D eigenvalue weighted by atomic mass is 16.3. The van der Waals surface area contributed by atoms with Crippen molar-refractivity contribution in [3.63, 3.8) is 0 Å². The highest BCUT2D eigenvalue weighted by Gasteiger charge is 2.04. The molecule has 1 heteroatoms. The fraction of sp³-hybridized carbons (Fsp3) is 0.600. The van der Waals surface area contributed by atoms with E-state index in [0.29, 0.717) is 5.92 Å². The van der Waals surface area contributed by atoms with Crippen LogP contribution < -0.4 is 0 Å². The third-order valence-electron chi connectivity index (χ3n) is 1.43. The van der Waals surface area contributed by atoms with Gasteiger partial charge in [-0.05, 0) is 18.6 Å². The maximum atomic E-state index is 5.23. The maximum absolute atomic E-state index is 5.23. The molecule has 0 aliphatic heterocycles. The number of hydrogen-bond acceptors (Lipinski definition) is 1. The number of rotatable bonds is 1. The van der Waals surface area contributed by atoms with Crippen LogP contribution in [0, 0.1) is 6.92 Å². The summed E-state index contributed by atoms with van der Waals surface area (Å²) in [6, 6.07) is 2.00.